The summed E-state index contributed by atoms with van der Waals surface area (Å²) in [6.45, 7) is 1.13. The van der Waals surface area contributed by atoms with Crippen LogP contribution in [0.15, 0.2) is 77.7 Å². The number of carbonyl (C=O) groups is 1. The van der Waals surface area contributed by atoms with Crippen LogP contribution in [0.4, 0.5) is 17.1 Å². The van der Waals surface area contributed by atoms with Crippen LogP contribution in [0, 0.1) is 17.0 Å². The monoisotopic (exact) mass is 459 g/mol. The quantitative estimate of drug-likeness (QED) is 0.416. The van der Waals surface area contributed by atoms with Crippen LogP contribution < -0.4 is 9.62 Å². The first-order chi connectivity index (χ1) is 14.7. The number of nitro groups is 1. The molecular weight excluding hydrogens is 442 g/mol. The van der Waals surface area contributed by atoms with Crippen LogP contribution in [0.5, 0.6) is 0 Å². The molecule has 0 aromatic heterocycles. The zero-order chi connectivity index (χ0) is 22.6. The first-order valence-corrected chi connectivity index (χ1v) is 10.9. The first kappa shape index (κ1) is 22.3. The van der Waals surface area contributed by atoms with E-state index in [9.17, 15) is 23.3 Å². The van der Waals surface area contributed by atoms with E-state index in [1.165, 1.54) is 24.3 Å². The van der Waals surface area contributed by atoms with Gasteiger partial charge in [-0.3, -0.25) is 19.2 Å². The Morgan fingerprint density at radius 2 is 1.68 bits per heavy atom. The molecule has 3 aromatic rings. The van der Waals surface area contributed by atoms with Gasteiger partial charge in [0.05, 0.1) is 10.6 Å². The maximum Gasteiger partial charge on any atom is 0.289 e. The molecular formula is C21H18ClN3O5S. The second-order valence-electron chi connectivity index (χ2n) is 6.53. The van der Waals surface area contributed by atoms with Crippen molar-refractivity contribution in [3.63, 3.8) is 0 Å². The van der Waals surface area contributed by atoms with E-state index >= 15 is 0 Å². The van der Waals surface area contributed by atoms with Crippen LogP contribution in [0.2, 0.25) is 5.02 Å². The molecule has 1 N–H and O–H groups in total. The molecule has 0 aliphatic carbocycles. The van der Waals surface area contributed by atoms with Crippen molar-refractivity contribution in [1.29, 1.82) is 0 Å². The molecule has 0 aliphatic heterocycles. The minimum absolute atomic E-state index is 0.193. The largest absolute Gasteiger partial charge is 0.324 e. The molecule has 0 spiro atoms. The number of amides is 1. The average molecular weight is 460 g/mol. The van der Waals surface area contributed by atoms with E-state index in [4.69, 9.17) is 11.6 Å². The highest BCUT2D eigenvalue weighted by molar-refractivity contribution is 7.93. The number of benzene rings is 3. The summed E-state index contributed by atoms with van der Waals surface area (Å²) >= 11 is 6.08. The molecule has 0 bridgehead atoms. The summed E-state index contributed by atoms with van der Waals surface area (Å²) in [4.78, 5) is 22.9. The minimum atomic E-state index is -4.43. The van der Waals surface area contributed by atoms with E-state index in [1.807, 2.05) is 0 Å². The molecule has 0 atom stereocenters. The Kier molecular flexibility index (Phi) is 6.57. The Labute approximate surface area is 184 Å². The lowest BCUT2D eigenvalue weighted by atomic mass is 10.2. The van der Waals surface area contributed by atoms with Crippen molar-refractivity contribution in [2.24, 2.45) is 0 Å². The molecule has 0 saturated carbocycles. The SMILES string of the molecule is Cc1c(Cl)cccc1NC(=O)CN(c1ccccc1)S(=O)(=O)c1ccccc1[N+](=O)[O-]. The number of anilines is 2. The van der Waals surface area contributed by atoms with Crippen LogP contribution in [0.3, 0.4) is 0 Å². The van der Waals surface area contributed by atoms with Crippen molar-refractivity contribution in [2.45, 2.75) is 11.8 Å². The average Bonchev–Trinajstić information content (AvgIpc) is 2.75. The fourth-order valence-electron chi connectivity index (χ4n) is 2.92. The lowest BCUT2D eigenvalue weighted by molar-refractivity contribution is -0.387. The molecule has 0 saturated heterocycles. The van der Waals surface area contributed by atoms with E-state index in [2.05, 4.69) is 5.32 Å². The predicted octanol–water partition coefficient (Wildman–Crippen LogP) is 4.39. The highest BCUT2D eigenvalue weighted by atomic mass is 35.5. The van der Waals surface area contributed by atoms with Crippen molar-refractivity contribution in [3.8, 4) is 0 Å². The maximum atomic E-state index is 13.4. The highest BCUT2D eigenvalue weighted by Crippen LogP contribution is 2.30. The van der Waals surface area contributed by atoms with Crippen molar-refractivity contribution in [2.75, 3.05) is 16.2 Å². The second kappa shape index (κ2) is 9.15. The van der Waals surface area contributed by atoms with E-state index < -0.39 is 38.0 Å². The minimum Gasteiger partial charge on any atom is -0.324 e. The standard InChI is InChI=1S/C21H18ClN3O5S/c1-15-17(22)10-7-11-18(15)23-21(26)14-24(16-8-3-2-4-9-16)31(29,30)20-13-6-5-12-19(20)25(27)28/h2-13H,14H2,1H3,(H,23,26). The lowest BCUT2D eigenvalue weighted by Crippen LogP contribution is -2.38. The van der Waals surface area contributed by atoms with Gasteiger partial charge in [0.15, 0.2) is 4.90 Å². The third-order valence-corrected chi connectivity index (χ3v) is 6.73. The van der Waals surface area contributed by atoms with Gasteiger partial charge in [-0.15, -0.1) is 0 Å². The maximum absolute atomic E-state index is 13.4. The zero-order valence-corrected chi connectivity index (χ0v) is 17.9. The molecule has 0 heterocycles. The van der Waals surface area contributed by atoms with Gasteiger partial charge in [-0.1, -0.05) is 48.0 Å². The summed E-state index contributed by atoms with van der Waals surface area (Å²) in [6.07, 6.45) is 0. The van der Waals surface area contributed by atoms with Gasteiger partial charge in [0.2, 0.25) is 5.91 Å². The molecule has 10 heteroatoms. The molecule has 0 aliphatic rings. The fourth-order valence-corrected chi connectivity index (χ4v) is 4.67. The highest BCUT2D eigenvalue weighted by Gasteiger charge is 2.33. The number of hydrogen-bond donors (Lipinski definition) is 1. The van der Waals surface area contributed by atoms with E-state index in [-0.39, 0.29) is 5.69 Å². The number of rotatable bonds is 7. The smallest absolute Gasteiger partial charge is 0.289 e. The topological polar surface area (TPSA) is 110 Å². The number of nitro benzene ring substituents is 1. The van der Waals surface area contributed by atoms with Gasteiger partial charge in [-0.2, -0.15) is 0 Å². The Bertz CT molecular complexity index is 1230. The molecule has 3 rings (SSSR count). The number of nitrogens with zero attached hydrogens (tertiary/aromatic N) is 2. The van der Waals surface area contributed by atoms with Gasteiger partial charge in [-0.05, 0) is 42.8 Å². The van der Waals surface area contributed by atoms with Gasteiger partial charge >= 0.3 is 0 Å². The summed E-state index contributed by atoms with van der Waals surface area (Å²) in [6, 6.07) is 17.9. The van der Waals surface area contributed by atoms with Crippen LogP contribution >= 0.6 is 11.6 Å². The number of hydrogen-bond acceptors (Lipinski definition) is 5. The van der Waals surface area contributed by atoms with Gasteiger partial charge in [0.1, 0.15) is 6.54 Å². The molecule has 1 amide bonds. The van der Waals surface area contributed by atoms with Crippen LogP contribution in [-0.2, 0) is 14.8 Å². The molecule has 0 unspecified atom stereocenters. The van der Waals surface area contributed by atoms with Gasteiger partial charge < -0.3 is 5.32 Å². The van der Waals surface area contributed by atoms with Crippen molar-refractivity contribution < 1.29 is 18.1 Å². The fraction of sp³-hybridized carbons (Fsp3) is 0.0952. The summed E-state index contributed by atoms with van der Waals surface area (Å²) in [5, 5.41) is 14.5. The third kappa shape index (κ3) is 4.84. The third-order valence-electron chi connectivity index (χ3n) is 4.50. The molecule has 160 valence electrons. The molecule has 0 fully saturated rings. The summed E-state index contributed by atoms with van der Waals surface area (Å²) in [5.41, 5.74) is 0.687. The summed E-state index contributed by atoms with van der Waals surface area (Å²) in [7, 11) is -4.43. The van der Waals surface area contributed by atoms with Crippen molar-refractivity contribution in [1.82, 2.24) is 0 Å². The lowest BCUT2D eigenvalue weighted by Gasteiger charge is -2.24. The second-order valence-corrected chi connectivity index (χ2v) is 8.77. The Balaban J connectivity index is 2.01. The number of sulfonamides is 1. The Morgan fingerprint density at radius 1 is 1.03 bits per heavy atom. The van der Waals surface area contributed by atoms with E-state index in [1.54, 1.807) is 43.3 Å². The van der Waals surface area contributed by atoms with Crippen LogP contribution in [-0.4, -0.2) is 25.8 Å². The first-order valence-electron chi connectivity index (χ1n) is 9.08. The van der Waals surface area contributed by atoms with Gasteiger partial charge in [0.25, 0.3) is 15.7 Å². The van der Waals surface area contributed by atoms with Gasteiger partial charge in [-0.25, -0.2) is 8.42 Å². The molecule has 8 nitrogen and oxygen atoms in total. The number of carbonyl (C=O) groups excluding carboxylic acids is 1. The van der Waals surface area contributed by atoms with Crippen molar-refractivity contribution in [3.05, 3.63) is 93.5 Å². The van der Waals surface area contributed by atoms with Gasteiger partial charge in [0, 0.05) is 16.8 Å². The number of para-hydroxylation sites is 2. The molecule has 31 heavy (non-hydrogen) atoms. The van der Waals surface area contributed by atoms with E-state index in [0.29, 0.717) is 16.3 Å². The predicted molar refractivity (Wildman–Crippen MR) is 119 cm³/mol. The summed E-state index contributed by atoms with van der Waals surface area (Å²) in [5.74, 6) is -0.628. The Morgan fingerprint density at radius 3 is 2.35 bits per heavy atom. The van der Waals surface area contributed by atoms with Crippen molar-refractivity contribution >= 4 is 44.6 Å². The molecule has 3 aromatic carbocycles. The summed E-state index contributed by atoms with van der Waals surface area (Å²) < 4.78 is 27.6. The van der Waals surface area contributed by atoms with Crippen LogP contribution in [0.25, 0.3) is 0 Å². The van der Waals surface area contributed by atoms with E-state index in [0.717, 1.165) is 16.4 Å². The molecule has 0 radical (unpaired) electrons. The normalized spacial score (nSPS) is 11.0. The number of halogens is 1. The van der Waals surface area contributed by atoms with Crippen LogP contribution in [0.1, 0.15) is 5.56 Å². The zero-order valence-electron chi connectivity index (χ0n) is 16.4. The Hall–Kier alpha value is -3.43. The number of nitrogens with one attached hydrogen (secondary N) is 1.